The standard InChI is InChI=1S/C25H29N3O3S2/c1-4-19-5-7-20(8-6-19)23-16-32-25(26-23)27-24(29)21-9-11-22(12-10-21)33(30,31)28-14-17(2)13-18(3)15-28/h5-12,16-18H,4,13-15H2,1-3H3,(H,26,27,29)/t17-,18-/m1/s1. The van der Waals surface area contributed by atoms with Gasteiger partial charge < -0.3 is 0 Å². The average molecular weight is 484 g/mol. The summed E-state index contributed by atoms with van der Waals surface area (Å²) < 4.78 is 27.7. The lowest BCUT2D eigenvalue weighted by Gasteiger charge is -2.34. The summed E-state index contributed by atoms with van der Waals surface area (Å²) >= 11 is 1.36. The number of carbonyl (C=O) groups is 1. The molecule has 0 aliphatic carbocycles. The first-order valence-corrected chi connectivity index (χ1v) is 13.5. The number of thiazole rings is 1. The van der Waals surface area contributed by atoms with E-state index in [1.807, 2.05) is 17.5 Å². The first-order chi connectivity index (χ1) is 15.8. The third kappa shape index (κ3) is 5.34. The predicted octanol–water partition coefficient (Wildman–Crippen LogP) is 5.29. The number of carbonyl (C=O) groups excluding carboxylic acids is 1. The van der Waals surface area contributed by atoms with E-state index >= 15 is 0 Å². The van der Waals surface area contributed by atoms with Crippen molar-refractivity contribution in [2.45, 2.75) is 38.5 Å². The van der Waals surface area contributed by atoms with E-state index in [0.717, 1.165) is 24.1 Å². The normalized spacial score (nSPS) is 19.4. The maximum Gasteiger partial charge on any atom is 0.257 e. The number of hydrogen-bond donors (Lipinski definition) is 1. The van der Waals surface area contributed by atoms with Crippen molar-refractivity contribution in [1.82, 2.24) is 9.29 Å². The summed E-state index contributed by atoms with van der Waals surface area (Å²) in [6, 6.07) is 14.3. The van der Waals surface area contributed by atoms with Crippen LogP contribution in [0.1, 0.15) is 43.1 Å². The lowest BCUT2D eigenvalue weighted by Crippen LogP contribution is -2.42. The zero-order chi connectivity index (χ0) is 23.6. The summed E-state index contributed by atoms with van der Waals surface area (Å²) in [7, 11) is -3.57. The summed E-state index contributed by atoms with van der Waals surface area (Å²) in [4.78, 5) is 17.4. The van der Waals surface area contributed by atoms with Crippen LogP contribution in [0, 0.1) is 11.8 Å². The largest absolute Gasteiger partial charge is 0.298 e. The molecule has 33 heavy (non-hydrogen) atoms. The zero-order valence-corrected chi connectivity index (χ0v) is 20.7. The number of rotatable bonds is 6. The van der Waals surface area contributed by atoms with E-state index in [1.54, 1.807) is 16.4 Å². The molecule has 1 fully saturated rings. The molecule has 2 atom stereocenters. The molecule has 8 heteroatoms. The van der Waals surface area contributed by atoms with Crippen LogP contribution in [0.3, 0.4) is 0 Å². The number of aryl methyl sites for hydroxylation is 1. The summed E-state index contributed by atoms with van der Waals surface area (Å²) in [5.41, 5.74) is 3.46. The van der Waals surface area contributed by atoms with Crippen LogP contribution in [0.25, 0.3) is 11.3 Å². The highest BCUT2D eigenvalue weighted by Crippen LogP contribution is 2.28. The number of hydrogen-bond acceptors (Lipinski definition) is 5. The van der Waals surface area contributed by atoms with E-state index in [1.165, 1.54) is 29.0 Å². The van der Waals surface area contributed by atoms with Crippen molar-refractivity contribution < 1.29 is 13.2 Å². The fraction of sp³-hybridized carbons (Fsp3) is 0.360. The van der Waals surface area contributed by atoms with Gasteiger partial charge in [-0.15, -0.1) is 11.3 Å². The van der Waals surface area contributed by atoms with Gasteiger partial charge in [0.05, 0.1) is 10.6 Å². The third-order valence-electron chi connectivity index (χ3n) is 5.97. The van der Waals surface area contributed by atoms with Crippen molar-refractivity contribution in [2.24, 2.45) is 11.8 Å². The van der Waals surface area contributed by atoms with Gasteiger partial charge in [-0.2, -0.15) is 4.31 Å². The second-order valence-electron chi connectivity index (χ2n) is 8.83. The number of benzene rings is 2. The first kappa shape index (κ1) is 23.6. The van der Waals surface area contributed by atoms with Gasteiger partial charge in [-0.1, -0.05) is 45.0 Å². The van der Waals surface area contributed by atoms with Crippen LogP contribution >= 0.6 is 11.3 Å². The SMILES string of the molecule is CCc1ccc(-c2csc(NC(=O)c3ccc(S(=O)(=O)N4C[C@H](C)C[C@@H](C)C4)cc3)n2)cc1. The molecular formula is C25H29N3O3S2. The van der Waals surface area contributed by atoms with Crippen LogP contribution in [-0.4, -0.2) is 36.7 Å². The van der Waals surface area contributed by atoms with E-state index in [2.05, 4.69) is 43.2 Å². The van der Waals surface area contributed by atoms with Crippen molar-refractivity contribution in [3.05, 3.63) is 65.0 Å². The smallest absolute Gasteiger partial charge is 0.257 e. The van der Waals surface area contributed by atoms with E-state index < -0.39 is 10.0 Å². The zero-order valence-electron chi connectivity index (χ0n) is 19.1. The summed E-state index contributed by atoms with van der Waals surface area (Å²) in [5, 5.41) is 5.22. The van der Waals surface area contributed by atoms with Crippen molar-refractivity contribution >= 4 is 32.4 Å². The Morgan fingerprint density at radius 3 is 2.30 bits per heavy atom. The highest BCUT2D eigenvalue weighted by molar-refractivity contribution is 7.89. The van der Waals surface area contributed by atoms with Gasteiger partial charge in [0.15, 0.2) is 5.13 Å². The summed E-state index contributed by atoms with van der Waals surface area (Å²) in [5.74, 6) is 0.351. The third-order valence-corrected chi connectivity index (χ3v) is 8.58. The van der Waals surface area contributed by atoms with E-state index in [-0.39, 0.29) is 10.8 Å². The lowest BCUT2D eigenvalue weighted by atomic mass is 9.94. The number of nitrogens with zero attached hydrogens (tertiary/aromatic N) is 2. The van der Waals surface area contributed by atoms with Crippen LogP contribution in [0.4, 0.5) is 5.13 Å². The van der Waals surface area contributed by atoms with Crippen LogP contribution in [0.15, 0.2) is 58.8 Å². The minimum absolute atomic E-state index is 0.215. The molecule has 2 aromatic carbocycles. The van der Waals surface area contributed by atoms with Gasteiger partial charge in [0.25, 0.3) is 5.91 Å². The molecule has 2 heterocycles. The molecule has 0 radical (unpaired) electrons. The van der Waals surface area contributed by atoms with Gasteiger partial charge in [0.2, 0.25) is 10.0 Å². The van der Waals surface area contributed by atoms with E-state index in [4.69, 9.17) is 0 Å². The molecule has 1 aliphatic heterocycles. The molecule has 1 saturated heterocycles. The quantitative estimate of drug-likeness (QED) is 0.517. The number of nitrogens with one attached hydrogen (secondary N) is 1. The van der Waals surface area contributed by atoms with E-state index in [0.29, 0.717) is 35.6 Å². The minimum Gasteiger partial charge on any atom is -0.298 e. The fourth-order valence-corrected chi connectivity index (χ4v) is 6.67. The molecule has 3 aromatic rings. The Bertz CT molecular complexity index is 1210. The number of aromatic nitrogens is 1. The second kappa shape index (κ2) is 9.75. The number of anilines is 1. The molecule has 1 amide bonds. The molecule has 4 rings (SSSR count). The van der Waals surface area contributed by atoms with Crippen molar-refractivity contribution in [2.75, 3.05) is 18.4 Å². The molecule has 1 aromatic heterocycles. The van der Waals surface area contributed by atoms with Crippen LogP contribution in [0.5, 0.6) is 0 Å². The first-order valence-electron chi connectivity index (χ1n) is 11.2. The fourth-order valence-electron chi connectivity index (χ4n) is 4.27. The molecule has 1 N–H and O–H groups in total. The number of amides is 1. The Hall–Kier alpha value is -2.55. The molecule has 0 spiro atoms. The van der Waals surface area contributed by atoms with Gasteiger partial charge in [-0.05, 0) is 54.5 Å². The molecule has 0 bridgehead atoms. The van der Waals surface area contributed by atoms with E-state index in [9.17, 15) is 13.2 Å². The van der Waals surface area contributed by atoms with Gasteiger partial charge in [-0.3, -0.25) is 10.1 Å². The minimum atomic E-state index is -3.57. The molecule has 6 nitrogen and oxygen atoms in total. The van der Waals surface area contributed by atoms with Crippen LogP contribution in [0.2, 0.25) is 0 Å². The van der Waals surface area contributed by atoms with Crippen LogP contribution < -0.4 is 5.32 Å². The monoisotopic (exact) mass is 483 g/mol. The molecule has 1 aliphatic rings. The average Bonchev–Trinajstić information content (AvgIpc) is 3.27. The Kier molecular flexibility index (Phi) is 6.97. The summed E-state index contributed by atoms with van der Waals surface area (Å²) in [6.45, 7) is 7.33. The van der Waals surface area contributed by atoms with Gasteiger partial charge >= 0.3 is 0 Å². The Balaban J connectivity index is 1.44. The molecular weight excluding hydrogens is 454 g/mol. The molecule has 0 unspecified atom stereocenters. The Morgan fingerprint density at radius 1 is 1.06 bits per heavy atom. The van der Waals surface area contributed by atoms with Gasteiger partial charge in [0, 0.05) is 29.6 Å². The molecule has 0 saturated carbocycles. The van der Waals surface area contributed by atoms with Gasteiger partial charge in [-0.25, -0.2) is 13.4 Å². The Labute approximate surface area is 199 Å². The van der Waals surface area contributed by atoms with Crippen molar-refractivity contribution in [1.29, 1.82) is 0 Å². The van der Waals surface area contributed by atoms with Gasteiger partial charge in [0.1, 0.15) is 0 Å². The maximum absolute atomic E-state index is 13.0. The Morgan fingerprint density at radius 2 is 1.70 bits per heavy atom. The topological polar surface area (TPSA) is 79.4 Å². The second-order valence-corrected chi connectivity index (χ2v) is 11.6. The van der Waals surface area contributed by atoms with Crippen LogP contribution in [-0.2, 0) is 16.4 Å². The highest BCUT2D eigenvalue weighted by atomic mass is 32.2. The van der Waals surface area contributed by atoms with Crippen molar-refractivity contribution in [3.8, 4) is 11.3 Å². The highest BCUT2D eigenvalue weighted by Gasteiger charge is 2.31. The lowest BCUT2D eigenvalue weighted by molar-refractivity contribution is 0.102. The summed E-state index contributed by atoms with van der Waals surface area (Å²) in [6.07, 6.45) is 2.02. The predicted molar refractivity (Wildman–Crippen MR) is 133 cm³/mol. The van der Waals surface area contributed by atoms with Crippen molar-refractivity contribution in [3.63, 3.8) is 0 Å². The maximum atomic E-state index is 13.0. The molecule has 174 valence electrons. The number of sulfonamides is 1. The number of piperidine rings is 1.